The highest BCUT2D eigenvalue weighted by Gasteiger charge is 2.28. The van der Waals surface area contributed by atoms with E-state index in [0.29, 0.717) is 5.41 Å². The molecule has 0 aromatic carbocycles. The molecule has 34 heavy (non-hydrogen) atoms. The molecule has 2 aliphatic carbocycles. The average molecular weight is 472 g/mol. The van der Waals surface area contributed by atoms with Crippen molar-refractivity contribution in [1.29, 1.82) is 0 Å². The highest BCUT2D eigenvalue weighted by atomic mass is 16.6. The van der Waals surface area contributed by atoms with Gasteiger partial charge in [-0.25, -0.2) is 4.57 Å². The zero-order valence-electron chi connectivity index (χ0n) is 22.4. The van der Waals surface area contributed by atoms with Crippen LogP contribution in [0, 0.1) is 31.1 Å². The lowest BCUT2D eigenvalue weighted by atomic mass is 9.85. The topological polar surface area (TPSA) is 91.2 Å². The molecule has 1 aromatic heterocycles. The Labute approximate surface area is 204 Å². The van der Waals surface area contributed by atoms with Gasteiger partial charge in [-0.3, -0.25) is 10.1 Å². The Morgan fingerprint density at radius 3 is 1.76 bits per heavy atom. The summed E-state index contributed by atoms with van der Waals surface area (Å²) >= 11 is 0. The molecule has 0 atom stereocenters. The number of allylic oxidation sites excluding steroid dienone is 7. The van der Waals surface area contributed by atoms with Crippen molar-refractivity contribution in [3.63, 3.8) is 0 Å². The fourth-order valence-corrected chi connectivity index (χ4v) is 3.62. The lowest BCUT2D eigenvalue weighted by Crippen LogP contribution is -2.22. The van der Waals surface area contributed by atoms with Crippen LogP contribution in [0.3, 0.4) is 0 Å². The molecule has 0 fully saturated rings. The SMILES string of the molecule is CC(C)(C)C1=C([N+](=O)[O-])C=CC1.CC(C)(C)n1cccc1[N+](=O)[O-].CC1=CC=C(C(C)(C)C)C1. The molecule has 7 heteroatoms. The van der Waals surface area contributed by atoms with E-state index >= 15 is 0 Å². The Hall–Kier alpha value is -2.96. The highest BCUT2D eigenvalue weighted by Crippen LogP contribution is 2.35. The summed E-state index contributed by atoms with van der Waals surface area (Å²) in [4.78, 5) is 20.4. The molecule has 0 unspecified atom stereocenters. The van der Waals surface area contributed by atoms with Crippen molar-refractivity contribution in [2.75, 3.05) is 0 Å². The van der Waals surface area contributed by atoms with E-state index in [9.17, 15) is 20.2 Å². The van der Waals surface area contributed by atoms with Crippen LogP contribution in [0.1, 0.15) is 82.1 Å². The summed E-state index contributed by atoms with van der Waals surface area (Å²) < 4.78 is 1.65. The summed E-state index contributed by atoms with van der Waals surface area (Å²) in [6.45, 7) is 20.8. The minimum Gasteiger partial charge on any atom is -0.358 e. The quantitative estimate of drug-likeness (QED) is 0.323. The van der Waals surface area contributed by atoms with Crippen molar-refractivity contribution in [3.8, 4) is 0 Å². The van der Waals surface area contributed by atoms with Crippen molar-refractivity contribution in [3.05, 3.63) is 85.3 Å². The van der Waals surface area contributed by atoms with Gasteiger partial charge < -0.3 is 10.1 Å². The molecule has 7 nitrogen and oxygen atoms in total. The van der Waals surface area contributed by atoms with Crippen molar-refractivity contribution in [1.82, 2.24) is 4.57 Å². The van der Waals surface area contributed by atoms with Gasteiger partial charge in [0.2, 0.25) is 0 Å². The molecule has 1 aromatic rings. The summed E-state index contributed by atoms with van der Waals surface area (Å²) in [7, 11) is 0. The fraction of sp³-hybridized carbons (Fsp3) is 0.556. The first kappa shape index (κ1) is 29.1. The molecule has 0 radical (unpaired) electrons. The van der Waals surface area contributed by atoms with Crippen LogP contribution in [-0.4, -0.2) is 14.4 Å². The molecular weight excluding hydrogens is 430 g/mol. The maximum absolute atomic E-state index is 10.6. The first-order valence-electron chi connectivity index (χ1n) is 11.6. The molecule has 0 saturated heterocycles. The van der Waals surface area contributed by atoms with Crippen molar-refractivity contribution in [2.24, 2.45) is 10.8 Å². The second-order valence-electron chi connectivity index (χ2n) is 11.8. The second kappa shape index (κ2) is 11.0. The van der Waals surface area contributed by atoms with Crippen molar-refractivity contribution in [2.45, 2.75) is 87.6 Å². The van der Waals surface area contributed by atoms with Crippen LogP contribution >= 0.6 is 0 Å². The molecule has 3 rings (SSSR count). The summed E-state index contributed by atoms with van der Waals surface area (Å²) in [5.74, 6) is 0.141. The standard InChI is InChI=1S/C10H16.C9H13NO2.C8H12N2O2/c1-8-5-6-9(7-8)10(2,3)4;1-9(2,3)7-5-4-6-8(7)10(11)12;1-8(2,3)9-6-4-5-7(9)10(11)12/h5-6H,7H2,1-4H3;4,6H,5H2,1-3H3;4-6H,1-3H3. The van der Waals surface area contributed by atoms with Crippen molar-refractivity contribution < 1.29 is 9.85 Å². The minimum atomic E-state index is -0.370. The van der Waals surface area contributed by atoms with Gasteiger partial charge in [-0.05, 0) is 62.4 Å². The number of nitro groups is 2. The predicted octanol–water partition coefficient (Wildman–Crippen LogP) is 7.98. The summed E-state index contributed by atoms with van der Waals surface area (Å²) in [6.07, 6.45) is 11.6. The van der Waals surface area contributed by atoms with Gasteiger partial charge in [0.1, 0.15) is 5.54 Å². The molecular formula is C27H41N3O4. The van der Waals surface area contributed by atoms with Gasteiger partial charge in [0.25, 0.3) is 5.70 Å². The van der Waals surface area contributed by atoms with Gasteiger partial charge in [0, 0.05) is 17.7 Å². The molecule has 0 bridgehead atoms. The average Bonchev–Trinajstić information content (AvgIpc) is 3.40. The van der Waals surface area contributed by atoms with E-state index < -0.39 is 0 Å². The maximum Gasteiger partial charge on any atom is 0.323 e. The number of rotatable bonds is 2. The fourth-order valence-electron chi connectivity index (χ4n) is 3.62. The predicted molar refractivity (Wildman–Crippen MR) is 139 cm³/mol. The monoisotopic (exact) mass is 471 g/mol. The summed E-state index contributed by atoms with van der Waals surface area (Å²) in [6, 6.07) is 3.19. The van der Waals surface area contributed by atoms with Crippen LogP contribution < -0.4 is 0 Å². The number of nitrogens with zero attached hydrogens (tertiary/aromatic N) is 3. The Bertz CT molecular complexity index is 1020. The Morgan fingerprint density at radius 2 is 1.47 bits per heavy atom. The summed E-state index contributed by atoms with van der Waals surface area (Å²) in [5, 5.41) is 21.1. The van der Waals surface area contributed by atoms with Gasteiger partial charge in [0.15, 0.2) is 0 Å². The van der Waals surface area contributed by atoms with Crippen LogP contribution in [0.5, 0.6) is 0 Å². The van der Waals surface area contributed by atoms with E-state index in [4.69, 9.17) is 0 Å². The maximum atomic E-state index is 10.6. The second-order valence-corrected chi connectivity index (χ2v) is 11.8. The van der Waals surface area contributed by atoms with Gasteiger partial charge in [-0.15, -0.1) is 0 Å². The molecule has 0 spiro atoms. The van der Waals surface area contributed by atoms with Crippen LogP contribution in [-0.2, 0) is 5.54 Å². The van der Waals surface area contributed by atoms with E-state index in [2.05, 4.69) is 39.8 Å². The molecule has 0 N–H and O–H groups in total. The van der Waals surface area contributed by atoms with Crippen LogP contribution in [0.15, 0.2) is 65.1 Å². The van der Waals surface area contributed by atoms with E-state index in [1.807, 2.05) is 47.6 Å². The first-order chi connectivity index (χ1) is 15.4. The normalized spacial score (nSPS) is 15.7. The Morgan fingerprint density at radius 1 is 0.882 bits per heavy atom. The third-order valence-electron chi connectivity index (χ3n) is 5.65. The smallest absolute Gasteiger partial charge is 0.323 e. The zero-order valence-corrected chi connectivity index (χ0v) is 22.4. The Balaban J connectivity index is 0.000000256. The van der Waals surface area contributed by atoms with E-state index in [0.717, 1.165) is 12.0 Å². The van der Waals surface area contributed by atoms with E-state index in [1.54, 1.807) is 28.5 Å². The number of hydrogen-bond acceptors (Lipinski definition) is 4. The molecule has 1 heterocycles. The third-order valence-corrected chi connectivity index (χ3v) is 5.65. The lowest BCUT2D eigenvalue weighted by molar-refractivity contribution is -0.420. The van der Waals surface area contributed by atoms with E-state index in [-0.39, 0.29) is 32.3 Å². The first-order valence-corrected chi connectivity index (χ1v) is 11.6. The zero-order chi connectivity index (χ0) is 26.5. The van der Waals surface area contributed by atoms with Gasteiger partial charge >= 0.3 is 5.82 Å². The molecule has 0 saturated carbocycles. The van der Waals surface area contributed by atoms with Gasteiger partial charge in [-0.1, -0.05) is 70.9 Å². The number of hydrogen-bond donors (Lipinski definition) is 0. The largest absolute Gasteiger partial charge is 0.358 e. The van der Waals surface area contributed by atoms with Crippen LogP contribution in [0.25, 0.3) is 0 Å². The van der Waals surface area contributed by atoms with Gasteiger partial charge in [-0.2, -0.15) is 0 Å². The van der Waals surface area contributed by atoms with E-state index in [1.165, 1.54) is 18.1 Å². The molecule has 188 valence electrons. The minimum absolute atomic E-state index is 0.0914. The molecule has 2 aliphatic rings. The number of aromatic nitrogens is 1. The third kappa shape index (κ3) is 8.43. The summed E-state index contributed by atoms with van der Waals surface area (Å²) in [5.41, 5.74) is 4.30. The highest BCUT2D eigenvalue weighted by molar-refractivity contribution is 5.33. The molecule has 0 amide bonds. The Kier molecular flexibility index (Phi) is 9.39. The van der Waals surface area contributed by atoms with Gasteiger partial charge in [0.05, 0.1) is 11.1 Å². The van der Waals surface area contributed by atoms with Crippen LogP contribution in [0.2, 0.25) is 0 Å². The van der Waals surface area contributed by atoms with Crippen LogP contribution in [0.4, 0.5) is 5.82 Å². The molecule has 0 aliphatic heterocycles. The lowest BCUT2D eigenvalue weighted by Gasteiger charge is -2.20. The van der Waals surface area contributed by atoms with Crippen molar-refractivity contribution >= 4 is 5.82 Å².